The number of imidazole rings is 1. The second kappa shape index (κ2) is 3.80. The van der Waals surface area contributed by atoms with Crippen LogP contribution in [-0.4, -0.2) is 26.5 Å². The lowest BCUT2D eigenvalue weighted by Gasteiger charge is -2.15. The summed E-state index contributed by atoms with van der Waals surface area (Å²) in [7, 11) is 0. The third kappa shape index (κ3) is 1.58. The number of rotatable bonds is 1. The van der Waals surface area contributed by atoms with Gasteiger partial charge in [-0.2, -0.15) is 4.98 Å². The first kappa shape index (κ1) is 11.0. The van der Waals surface area contributed by atoms with Crippen LogP contribution in [0.4, 0.5) is 5.95 Å². The predicted octanol–water partition coefficient (Wildman–Crippen LogP) is 0.289. The molecule has 2 aliphatic rings. The summed E-state index contributed by atoms with van der Waals surface area (Å²) < 4.78 is 0. The molecule has 3 heterocycles. The first-order valence-electron chi connectivity index (χ1n) is 6.71. The fourth-order valence-electron chi connectivity index (χ4n) is 3.58. The van der Waals surface area contributed by atoms with Gasteiger partial charge in [-0.3, -0.25) is 9.78 Å². The minimum Gasteiger partial charge on any atom is -0.369 e. The van der Waals surface area contributed by atoms with Crippen LogP contribution in [0.15, 0.2) is 4.79 Å². The van der Waals surface area contributed by atoms with Crippen molar-refractivity contribution in [3.05, 3.63) is 16.2 Å². The third-order valence-corrected chi connectivity index (χ3v) is 4.44. The Hall–Kier alpha value is -1.89. The Bertz CT molecular complexity index is 689. The molecule has 0 bridgehead atoms. The van der Waals surface area contributed by atoms with Gasteiger partial charge in [0.05, 0.1) is 6.04 Å². The maximum absolute atomic E-state index is 11.8. The van der Waals surface area contributed by atoms with Gasteiger partial charge in [0.25, 0.3) is 5.56 Å². The highest BCUT2D eigenvalue weighted by atomic mass is 16.1. The van der Waals surface area contributed by atoms with Gasteiger partial charge in [0.15, 0.2) is 11.2 Å². The third-order valence-electron chi connectivity index (χ3n) is 4.44. The van der Waals surface area contributed by atoms with E-state index in [0.717, 1.165) is 18.3 Å². The molecule has 1 saturated heterocycles. The highest BCUT2D eigenvalue weighted by Gasteiger charge is 2.41. The highest BCUT2D eigenvalue weighted by Crippen LogP contribution is 2.43. The van der Waals surface area contributed by atoms with Gasteiger partial charge in [0.2, 0.25) is 5.95 Å². The molecule has 100 valence electrons. The number of aromatic amines is 2. The van der Waals surface area contributed by atoms with Crippen LogP contribution >= 0.6 is 0 Å². The van der Waals surface area contributed by atoms with Gasteiger partial charge in [-0.05, 0) is 31.2 Å². The molecular formula is C12H16N6O. The van der Waals surface area contributed by atoms with Crippen LogP contribution in [0.25, 0.3) is 11.2 Å². The van der Waals surface area contributed by atoms with E-state index in [1.165, 1.54) is 19.3 Å². The summed E-state index contributed by atoms with van der Waals surface area (Å²) in [5.74, 6) is 2.29. The van der Waals surface area contributed by atoms with E-state index in [-0.39, 0.29) is 17.5 Å². The minimum atomic E-state index is -0.262. The molecule has 2 fully saturated rings. The highest BCUT2D eigenvalue weighted by molar-refractivity contribution is 5.70. The SMILES string of the molecule is Nc1nc2nc(C3NCC4CCCC43)[nH]c2c(=O)[nH]1. The summed E-state index contributed by atoms with van der Waals surface area (Å²) >= 11 is 0. The number of nitrogens with zero attached hydrogens (tertiary/aromatic N) is 2. The van der Waals surface area contributed by atoms with E-state index in [4.69, 9.17) is 5.73 Å². The molecule has 1 aliphatic heterocycles. The number of nitrogens with two attached hydrogens (primary N) is 1. The number of hydrogen-bond acceptors (Lipinski definition) is 5. The zero-order valence-corrected chi connectivity index (χ0v) is 10.4. The van der Waals surface area contributed by atoms with Gasteiger partial charge >= 0.3 is 0 Å². The topological polar surface area (TPSA) is 112 Å². The zero-order chi connectivity index (χ0) is 13.0. The molecule has 2 aromatic heterocycles. The first-order valence-corrected chi connectivity index (χ1v) is 6.71. The number of hydrogen-bond donors (Lipinski definition) is 4. The average Bonchev–Trinajstić information content (AvgIpc) is 2.99. The Kier molecular flexibility index (Phi) is 2.20. The molecule has 7 nitrogen and oxygen atoms in total. The van der Waals surface area contributed by atoms with Gasteiger partial charge < -0.3 is 16.0 Å². The first-order chi connectivity index (χ1) is 9.22. The molecule has 5 N–H and O–H groups in total. The van der Waals surface area contributed by atoms with E-state index in [2.05, 4.69) is 25.3 Å². The number of fused-ring (bicyclic) bond motifs is 2. The second-order valence-corrected chi connectivity index (χ2v) is 5.51. The Morgan fingerprint density at radius 2 is 2.11 bits per heavy atom. The molecule has 19 heavy (non-hydrogen) atoms. The summed E-state index contributed by atoms with van der Waals surface area (Å²) in [6.07, 6.45) is 3.81. The van der Waals surface area contributed by atoms with Crippen molar-refractivity contribution >= 4 is 17.1 Å². The number of nitrogens with one attached hydrogen (secondary N) is 3. The van der Waals surface area contributed by atoms with Crippen molar-refractivity contribution < 1.29 is 0 Å². The van der Waals surface area contributed by atoms with Crippen LogP contribution < -0.4 is 16.6 Å². The van der Waals surface area contributed by atoms with E-state index in [1.807, 2.05) is 0 Å². The fourth-order valence-corrected chi connectivity index (χ4v) is 3.58. The Morgan fingerprint density at radius 1 is 1.21 bits per heavy atom. The van der Waals surface area contributed by atoms with Gasteiger partial charge in [-0.25, -0.2) is 4.98 Å². The van der Waals surface area contributed by atoms with Crippen LogP contribution in [-0.2, 0) is 0 Å². The number of aromatic nitrogens is 4. The molecule has 0 amide bonds. The van der Waals surface area contributed by atoms with Crippen molar-refractivity contribution in [3.8, 4) is 0 Å². The van der Waals surface area contributed by atoms with Crippen molar-refractivity contribution in [2.24, 2.45) is 11.8 Å². The minimum absolute atomic E-state index is 0.105. The van der Waals surface area contributed by atoms with Crippen LogP contribution in [0.3, 0.4) is 0 Å². The van der Waals surface area contributed by atoms with Gasteiger partial charge in [-0.1, -0.05) is 6.42 Å². The summed E-state index contributed by atoms with van der Waals surface area (Å²) in [4.78, 5) is 25.9. The molecule has 2 aromatic rings. The van der Waals surface area contributed by atoms with E-state index < -0.39 is 0 Å². The standard InChI is InChI=1S/C12H16N6O/c13-12-17-10-8(11(19)18-12)15-9(16-10)7-6-3-1-2-5(6)4-14-7/h5-7,14H,1-4H2,(H4,13,15,16,17,18,19). The molecule has 3 atom stereocenters. The largest absolute Gasteiger partial charge is 0.369 e. The lowest BCUT2D eigenvalue weighted by atomic mass is 9.94. The fraction of sp³-hybridized carbons (Fsp3) is 0.583. The maximum Gasteiger partial charge on any atom is 0.278 e. The van der Waals surface area contributed by atoms with Crippen LogP contribution in [0, 0.1) is 11.8 Å². The molecule has 0 spiro atoms. The predicted molar refractivity (Wildman–Crippen MR) is 70.5 cm³/mol. The summed E-state index contributed by atoms with van der Waals surface area (Å²) in [5.41, 5.74) is 6.09. The molecule has 3 unspecified atom stereocenters. The van der Waals surface area contributed by atoms with Gasteiger partial charge in [0, 0.05) is 0 Å². The van der Waals surface area contributed by atoms with Crippen molar-refractivity contribution in [1.82, 2.24) is 25.3 Å². The van der Waals surface area contributed by atoms with E-state index in [1.54, 1.807) is 0 Å². The number of anilines is 1. The monoisotopic (exact) mass is 260 g/mol. The summed E-state index contributed by atoms with van der Waals surface area (Å²) in [6, 6.07) is 0.210. The van der Waals surface area contributed by atoms with Crippen LogP contribution in [0.1, 0.15) is 31.1 Å². The number of nitrogen functional groups attached to an aromatic ring is 1. The van der Waals surface area contributed by atoms with Crippen molar-refractivity contribution in [2.75, 3.05) is 12.3 Å². The summed E-state index contributed by atoms with van der Waals surface area (Å²) in [5, 5.41) is 3.50. The van der Waals surface area contributed by atoms with Crippen molar-refractivity contribution in [2.45, 2.75) is 25.3 Å². The molecule has 7 heteroatoms. The van der Waals surface area contributed by atoms with Gasteiger partial charge in [0.1, 0.15) is 5.82 Å². The number of H-pyrrole nitrogens is 2. The lowest BCUT2D eigenvalue weighted by Crippen LogP contribution is -2.19. The second-order valence-electron chi connectivity index (χ2n) is 5.51. The quantitative estimate of drug-likeness (QED) is 0.588. The Morgan fingerprint density at radius 3 is 3.00 bits per heavy atom. The Labute approximate surface area is 109 Å². The summed E-state index contributed by atoms with van der Waals surface area (Å²) in [6.45, 7) is 1.04. The smallest absolute Gasteiger partial charge is 0.278 e. The van der Waals surface area contributed by atoms with Crippen LogP contribution in [0.2, 0.25) is 0 Å². The van der Waals surface area contributed by atoms with Gasteiger partial charge in [-0.15, -0.1) is 0 Å². The van der Waals surface area contributed by atoms with E-state index >= 15 is 0 Å². The molecular weight excluding hydrogens is 244 g/mol. The molecule has 0 radical (unpaired) electrons. The van der Waals surface area contributed by atoms with Crippen molar-refractivity contribution in [3.63, 3.8) is 0 Å². The molecule has 1 saturated carbocycles. The Balaban J connectivity index is 1.79. The maximum atomic E-state index is 11.8. The average molecular weight is 260 g/mol. The molecule has 1 aliphatic carbocycles. The molecule has 0 aromatic carbocycles. The molecule has 4 rings (SSSR count). The van der Waals surface area contributed by atoms with E-state index in [0.29, 0.717) is 17.1 Å². The van der Waals surface area contributed by atoms with Crippen LogP contribution in [0.5, 0.6) is 0 Å². The van der Waals surface area contributed by atoms with E-state index in [9.17, 15) is 4.79 Å². The lowest BCUT2D eigenvalue weighted by molar-refractivity contribution is 0.410. The normalized spacial score (nSPS) is 30.0. The van der Waals surface area contributed by atoms with Crippen molar-refractivity contribution in [1.29, 1.82) is 0 Å². The zero-order valence-electron chi connectivity index (χ0n) is 10.4.